The van der Waals surface area contributed by atoms with Crippen LogP contribution in [-0.4, -0.2) is 37.2 Å². The molecule has 0 saturated heterocycles. The van der Waals surface area contributed by atoms with Gasteiger partial charge in [-0.3, -0.25) is 9.59 Å². The average Bonchev–Trinajstić information content (AvgIpc) is 2.38. The van der Waals surface area contributed by atoms with E-state index in [4.69, 9.17) is 14.2 Å². The van der Waals surface area contributed by atoms with Crippen molar-refractivity contribution in [1.82, 2.24) is 0 Å². The fourth-order valence-corrected chi connectivity index (χ4v) is 1.32. The summed E-state index contributed by atoms with van der Waals surface area (Å²) in [4.78, 5) is 34.2. The molecule has 0 unspecified atom stereocenters. The molecule has 0 amide bonds. The number of hydrogen-bond donors (Lipinski definition) is 0. The molecule has 0 bridgehead atoms. The minimum atomic E-state index is -1.22. The van der Waals surface area contributed by atoms with Gasteiger partial charge in [0.2, 0.25) is 6.10 Å². The highest BCUT2D eigenvalue weighted by Crippen LogP contribution is 2.06. The first kappa shape index (κ1) is 18.4. The summed E-state index contributed by atoms with van der Waals surface area (Å²) in [7, 11) is 0. The SMILES string of the molecule is CCCCOC(=O)C[C@H](OC(C)=O)C(=O)OCCCC. The van der Waals surface area contributed by atoms with Crippen LogP contribution < -0.4 is 0 Å². The molecule has 0 aliphatic carbocycles. The molecule has 0 fully saturated rings. The standard InChI is InChI=1S/C14H24O6/c1-4-6-8-18-13(16)10-12(20-11(3)15)14(17)19-9-7-5-2/h12H,4-10H2,1-3H3/t12-/m0/s1. The van der Waals surface area contributed by atoms with Gasteiger partial charge in [0, 0.05) is 6.92 Å². The lowest BCUT2D eigenvalue weighted by atomic mass is 10.2. The largest absolute Gasteiger partial charge is 0.466 e. The highest BCUT2D eigenvalue weighted by molar-refractivity contribution is 5.84. The zero-order valence-corrected chi connectivity index (χ0v) is 12.5. The van der Waals surface area contributed by atoms with Crippen molar-refractivity contribution in [1.29, 1.82) is 0 Å². The lowest BCUT2D eigenvalue weighted by Crippen LogP contribution is -2.31. The van der Waals surface area contributed by atoms with Gasteiger partial charge in [-0.05, 0) is 12.8 Å². The van der Waals surface area contributed by atoms with Gasteiger partial charge in [-0.15, -0.1) is 0 Å². The van der Waals surface area contributed by atoms with E-state index in [1.165, 1.54) is 6.92 Å². The van der Waals surface area contributed by atoms with Crippen molar-refractivity contribution >= 4 is 17.9 Å². The first-order chi connectivity index (χ1) is 9.51. The Morgan fingerprint density at radius 3 is 2.00 bits per heavy atom. The second kappa shape index (κ2) is 11.3. The van der Waals surface area contributed by atoms with E-state index in [1.54, 1.807) is 0 Å². The van der Waals surface area contributed by atoms with E-state index in [0.717, 1.165) is 25.7 Å². The third-order valence-corrected chi connectivity index (χ3v) is 2.43. The summed E-state index contributed by atoms with van der Waals surface area (Å²) >= 11 is 0. The summed E-state index contributed by atoms with van der Waals surface area (Å²) in [5.74, 6) is -1.91. The van der Waals surface area contributed by atoms with Gasteiger partial charge in [0.15, 0.2) is 0 Å². The molecule has 20 heavy (non-hydrogen) atoms. The zero-order chi connectivity index (χ0) is 15.4. The molecule has 0 aliphatic rings. The fraction of sp³-hybridized carbons (Fsp3) is 0.786. The van der Waals surface area contributed by atoms with Crippen LogP contribution in [0.5, 0.6) is 0 Å². The van der Waals surface area contributed by atoms with Crippen molar-refractivity contribution < 1.29 is 28.6 Å². The molecule has 0 rings (SSSR count). The highest BCUT2D eigenvalue weighted by Gasteiger charge is 2.27. The van der Waals surface area contributed by atoms with Crippen molar-refractivity contribution in [2.75, 3.05) is 13.2 Å². The van der Waals surface area contributed by atoms with Crippen molar-refractivity contribution in [3.8, 4) is 0 Å². The van der Waals surface area contributed by atoms with Gasteiger partial charge in [0.05, 0.1) is 19.6 Å². The van der Waals surface area contributed by atoms with Crippen LogP contribution >= 0.6 is 0 Å². The molecule has 0 spiro atoms. The number of hydrogen-bond acceptors (Lipinski definition) is 6. The normalized spacial score (nSPS) is 11.6. The number of carbonyl (C=O) groups is 3. The van der Waals surface area contributed by atoms with Crippen LogP contribution in [0.4, 0.5) is 0 Å². The second-order valence-electron chi connectivity index (χ2n) is 4.40. The lowest BCUT2D eigenvalue weighted by molar-refractivity contribution is -0.170. The van der Waals surface area contributed by atoms with E-state index in [0.29, 0.717) is 6.61 Å². The topological polar surface area (TPSA) is 78.9 Å². The Labute approximate surface area is 119 Å². The summed E-state index contributed by atoms with van der Waals surface area (Å²) in [5, 5.41) is 0. The van der Waals surface area contributed by atoms with Crippen molar-refractivity contribution in [3.05, 3.63) is 0 Å². The summed E-state index contributed by atoms with van der Waals surface area (Å²) in [5.41, 5.74) is 0. The maximum Gasteiger partial charge on any atom is 0.348 e. The Morgan fingerprint density at radius 2 is 1.50 bits per heavy atom. The van der Waals surface area contributed by atoms with Gasteiger partial charge in [-0.2, -0.15) is 0 Å². The van der Waals surface area contributed by atoms with E-state index in [1.807, 2.05) is 13.8 Å². The highest BCUT2D eigenvalue weighted by atomic mass is 16.6. The van der Waals surface area contributed by atoms with Crippen LogP contribution in [0.25, 0.3) is 0 Å². The molecule has 0 aliphatic heterocycles. The van der Waals surface area contributed by atoms with Gasteiger partial charge in [-0.1, -0.05) is 26.7 Å². The third-order valence-electron chi connectivity index (χ3n) is 2.43. The first-order valence-electron chi connectivity index (χ1n) is 7.00. The number of carbonyl (C=O) groups excluding carboxylic acids is 3. The van der Waals surface area contributed by atoms with Crippen molar-refractivity contribution in [2.45, 2.75) is 59.0 Å². The van der Waals surface area contributed by atoms with E-state index >= 15 is 0 Å². The quantitative estimate of drug-likeness (QED) is 0.347. The smallest absolute Gasteiger partial charge is 0.348 e. The molecular formula is C14H24O6. The Balaban J connectivity index is 4.28. The first-order valence-corrected chi connectivity index (χ1v) is 7.00. The van der Waals surface area contributed by atoms with Crippen molar-refractivity contribution in [2.24, 2.45) is 0 Å². The molecule has 6 nitrogen and oxygen atoms in total. The number of esters is 3. The van der Waals surface area contributed by atoms with Gasteiger partial charge in [0.1, 0.15) is 0 Å². The van der Waals surface area contributed by atoms with Crippen LogP contribution in [0.1, 0.15) is 52.9 Å². The molecule has 6 heteroatoms. The Morgan fingerprint density at radius 1 is 0.950 bits per heavy atom. The summed E-state index contributed by atoms with van der Waals surface area (Å²) in [6.45, 7) is 5.66. The van der Waals surface area contributed by atoms with Crippen molar-refractivity contribution in [3.63, 3.8) is 0 Å². The molecule has 0 radical (unpaired) electrons. The zero-order valence-electron chi connectivity index (χ0n) is 12.5. The monoisotopic (exact) mass is 288 g/mol. The predicted octanol–water partition coefficient (Wildman–Crippen LogP) is 1.99. The van der Waals surface area contributed by atoms with E-state index in [2.05, 4.69) is 0 Å². The van der Waals surface area contributed by atoms with Gasteiger partial charge in [0.25, 0.3) is 0 Å². The van der Waals surface area contributed by atoms with E-state index in [-0.39, 0.29) is 13.0 Å². The van der Waals surface area contributed by atoms with Crippen LogP contribution in [0.2, 0.25) is 0 Å². The molecule has 0 aromatic rings. The molecule has 0 aromatic heterocycles. The predicted molar refractivity (Wildman–Crippen MR) is 71.9 cm³/mol. The Hall–Kier alpha value is -1.59. The molecule has 116 valence electrons. The minimum absolute atomic E-state index is 0.248. The Bertz CT molecular complexity index is 313. The second-order valence-corrected chi connectivity index (χ2v) is 4.40. The summed E-state index contributed by atoms with van der Waals surface area (Å²) < 4.78 is 14.7. The van der Waals surface area contributed by atoms with Gasteiger partial charge < -0.3 is 14.2 Å². The molecule has 0 aromatic carbocycles. The van der Waals surface area contributed by atoms with Crippen LogP contribution in [0.15, 0.2) is 0 Å². The van der Waals surface area contributed by atoms with Gasteiger partial charge in [-0.25, -0.2) is 4.79 Å². The summed E-state index contributed by atoms with van der Waals surface area (Å²) in [6, 6.07) is 0. The van der Waals surface area contributed by atoms with Crippen LogP contribution in [0.3, 0.4) is 0 Å². The molecule has 1 atom stereocenters. The molecular weight excluding hydrogens is 264 g/mol. The maximum absolute atomic E-state index is 11.7. The lowest BCUT2D eigenvalue weighted by Gasteiger charge is -2.15. The van der Waals surface area contributed by atoms with E-state index < -0.39 is 24.0 Å². The maximum atomic E-state index is 11.7. The molecule has 0 heterocycles. The molecule has 0 N–H and O–H groups in total. The van der Waals surface area contributed by atoms with Crippen LogP contribution in [0, 0.1) is 0 Å². The number of unbranched alkanes of at least 4 members (excludes halogenated alkanes) is 2. The van der Waals surface area contributed by atoms with Crippen LogP contribution in [-0.2, 0) is 28.6 Å². The minimum Gasteiger partial charge on any atom is -0.466 e. The third kappa shape index (κ3) is 9.35. The average molecular weight is 288 g/mol. The van der Waals surface area contributed by atoms with E-state index in [9.17, 15) is 14.4 Å². The Kier molecular flexibility index (Phi) is 10.4. The summed E-state index contributed by atoms with van der Waals surface area (Å²) in [6.07, 6.45) is 1.72. The molecule has 0 saturated carbocycles. The van der Waals surface area contributed by atoms with Gasteiger partial charge >= 0.3 is 17.9 Å². The fourth-order valence-electron chi connectivity index (χ4n) is 1.32. The number of ether oxygens (including phenoxy) is 3. The number of rotatable bonds is 10.